The molecule has 3 atom stereocenters. The van der Waals surface area contributed by atoms with Crippen molar-refractivity contribution in [3.05, 3.63) is 98.7 Å². The highest BCUT2D eigenvalue weighted by molar-refractivity contribution is 5.96. The Hall–Kier alpha value is -3.61. The molecule has 6 nitrogen and oxygen atoms in total. The van der Waals surface area contributed by atoms with Crippen LogP contribution in [0.4, 0.5) is 4.39 Å². The predicted molar refractivity (Wildman–Crippen MR) is 128 cm³/mol. The van der Waals surface area contributed by atoms with E-state index >= 15 is 4.39 Å². The molecule has 2 aromatic carbocycles. The molecule has 7 heteroatoms. The highest BCUT2D eigenvalue weighted by Gasteiger charge is 2.60. The first-order valence-electron chi connectivity index (χ1n) is 12.3. The molecule has 1 N–H and O–H groups in total. The van der Waals surface area contributed by atoms with Crippen LogP contribution in [0, 0.1) is 17.7 Å². The van der Waals surface area contributed by atoms with Gasteiger partial charge in [0.1, 0.15) is 17.5 Å². The Morgan fingerprint density at radius 1 is 1.03 bits per heavy atom. The van der Waals surface area contributed by atoms with Crippen LogP contribution in [0.3, 0.4) is 0 Å². The third-order valence-electron chi connectivity index (χ3n) is 8.53. The van der Waals surface area contributed by atoms with Crippen molar-refractivity contribution < 1.29 is 14.3 Å². The number of hydrogen-bond acceptors (Lipinski definition) is 4. The van der Waals surface area contributed by atoms with Crippen LogP contribution in [0.15, 0.2) is 59.5 Å². The van der Waals surface area contributed by atoms with Gasteiger partial charge in [-0.05, 0) is 66.8 Å². The molecule has 1 fully saturated rings. The largest absolute Gasteiger partial charge is 0.502 e. The SMILES string of the molecule is CC1N(CC2CC2)C(=O)c2c(O)c(=O)ccn2N1C12c3ccccc3CC1Cc1c(F)cccc12. The van der Waals surface area contributed by atoms with Gasteiger partial charge >= 0.3 is 0 Å². The number of aromatic hydroxyl groups is 1. The van der Waals surface area contributed by atoms with Gasteiger partial charge in [0.15, 0.2) is 11.4 Å². The summed E-state index contributed by atoms with van der Waals surface area (Å²) in [7, 11) is 0. The normalized spacial score (nSPS) is 26.4. The molecule has 178 valence electrons. The van der Waals surface area contributed by atoms with Gasteiger partial charge in [-0.15, -0.1) is 0 Å². The number of pyridine rings is 1. The Labute approximate surface area is 202 Å². The summed E-state index contributed by atoms with van der Waals surface area (Å²) in [5.41, 5.74) is 2.55. The summed E-state index contributed by atoms with van der Waals surface area (Å²) < 4.78 is 16.8. The number of aromatic nitrogens is 1. The maximum atomic E-state index is 15.2. The number of halogens is 1. The van der Waals surface area contributed by atoms with Crippen molar-refractivity contribution in [2.24, 2.45) is 11.8 Å². The molecule has 35 heavy (non-hydrogen) atoms. The van der Waals surface area contributed by atoms with E-state index in [0.29, 0.717) is 24.4 Å². The zero-order valence-electron chi connectivity index (χ0n) is 19.4. The molecular weight excluding hydrogens is 445 g/mol. The first-order valence-corrected chi connectivity index (χ1v) is 12.3. The van der Waals surface area contributed by atoms with Crippen LogP contribution in [0.2, 0.25) is 0 Å². The molecule has 7 rings (SSSR count). The number of fused-ring (bicyclic) bond motifs is 6. The monoisotopic (exact) mass is 471 g/mol. The zero-order chi connectivity index (χ0) is 24.1. The third kappa shape index (κ3) is 2.58. The zero-order valence-corrected chi connectivity index (χ0v) is 19.4. The lowest BCUT2D eigenvalue weighted by molar-refractivity contribution is 0.0502. The molecular formula is C28H26FN3O3. The Balaban J connectivity index is 1.56. The quantitative estimate of drug-likeness (QED) is 0.635. The van der Waals surface area contributed by atoms with Crippen molar-refractivity contribution in [3.8, 4) is 5.75 Å². The summed E-state index contributed by atoms with van der Waals surface area (Å²) in [5, 5.41) is 13.0. The van der Waals surface area contributed by atoms with Gasteiger partial charge in [-0.1, -0.05) is 36.4 Å². The summed E-state index contributed by atoms with van der Waals surface area (Å²) in [5.74, 6) is -0.628. The molecule has 1 aromatic heterocycles. The molecule has 1 aliphatic heterocycles. The molecule has 0 radical (unpaired) electrons. The van der Waals surface area contributed by atoms with Gasteiger partial charge in [0.05, 0.1) is 0 Å². The van der Waals surface area contributed by atoms with Gasteiger partial charge in [0, 0.05) is 24.7 Å². The van der Waals surface area contributed by atoms with Gasteiger partial charge in [-0.2, -0.15) is 0 Å². The van der Waals surface area contributed by atoms with E-state index in [1.807, 2.05) is 25.1 Å². The number of amides is 1. The fourth-order valence-electron chi connectivity index (χ4n) is 6.88. The summed E-state index contributed by atoms with van der Waals surface area (Å²) in [6.07, 6.45) is 4.71. The minimum absolute atomic E-state index is 0.0152. The van der Waals surface area contributed by atoms with E-state index in [2.05, 4.69) is 17.1 Å². The summed E-state index contributed by atoms with van der Waals surface area (Å²) >= 11 is 0. The van der Waals surface area contributed by atoms with Crippen molar-refractivity contribution in [3.63, 3.8) is 0 Å². The molecule has 3 unspecified atom stereocenters. The van der Waals surface area contributed by atoms with Crippen LogP contribution in [-0.2, 0) is 18.4 Å². The molecule has 0 saturated heterocycles. The van der Waals surface area contributed by atoms with Gasteiger partial charge in [0.25, 0.3) is 5.91 Å². The summed E-state index contributed by atoms with van der Waals surface area (Å²) in [4.78, 5) is 27.9. The van der Waals surface area contributed by atoms with E-state index in [9.17, 15) is 14.7 Å². The molecule has 1 amide bonds. The molecule has 3 aliphatic carbocycles. The lowest BCUT2D eigenvalue weighted by atomic mass is 9.81. The van der Waals surface area contributed by atoms with E-state index in [1.54, 1.807) is 21.8 Å². The molecule has 1 saturated carbocycles. The molecule has 4 aliphatic rings. The highest BCUT2D eigenvalue weighted by atomic mass is 19.1. The van der Waals surface area contributed by atoms with Crippen LogP contribution in [-0.4, -0.2) is 33.3 Å². The van der Waals surface area contributed by atoms with Crippen molar-refractivity contribution in [2.75, 3.05) is 11.6 Å². The van der Waals surface area contributed by atoms with E-state index < -0.39 is 16.7 Å². The van der Waals surface area contributed by atoms with Crippen molar-refractivity contribution in [1.82, 2.24) is 9.58 Å². The lowest BCUT2D eigenvalue weighted by Gasteiger charge is -2.54. The second-order valence-electron chi connectivity index (χ2n) is 10.4. The third-order valence-corrected chi connectivity index (χ3v) is 8.53. The standard InChI is InChI=1S/C28H26FN3O3/c1-16-30(15-17-9-10-17)27(35)25-26(34)24(33)11-12-31(25)32(16)28-19(13-18-5-2-3-6-21(18)28)14-20-22(28)7-4-8-23(20)29/h2-8,11-12,16-17,19,34H,9-10,13-15H2,1H3. The fourth-order valence-corrected chi connectivity index (χ4v) is 6.88. The number of rotatable bonds is 3. The maximum Gasteiger partial charge on any atom is 0.278 e. The van der Waals surface area contributed by atoms with Crippen LogP contribution < -0.4 is 10.4 Å². The van der Waals surface area contributed by atoms with Crippen molar-refractivity contribution in [1.29, 1.82) is 0 Å². The summed E-state index contributed by atoms with van der Waals surface area (Å²) in [6.45, 7) is 2.57. The van der Waals surface area contributed by atoms with Gasteiger partial charge < -0.3 is 10.0 Å². The minimum atomic E-state index is -0.744. The highest BCUT2D eigenvalue weighted by Crippen LogP contribution is 2.57. The number of carbonyl (C=O) groups excluding carboxylic acids is 1. The maximum absolute atomic E-state index is 15.2. The van der Waals surface area contributed by atoms with Crippen LogP contribution in [0.5, 0.6) is 5.75 Å². The molecule has 0 spiro atoms. The number of nitrogens with zero attached hydrogens (tertiary/aromatic N) is 3. The number of benzene rings is 2. The van der Waals surface area contributed by atoms with Crippen LogP contribution >= 0.6 is 0 Å². The van der Waals surface area contributed by atoms with E-state index in [-0.39, 0.29) is 29.5 Å². The van der Waals surface area contributed by atoms with Gasteiger partial charge in [-0.25, -0.2) is 4.39 Å². The minimum Gasteiger partial charge on any atom is -0.502 e. The number of hydrogen-bond donors (Lipinski definition) is 1. The average Bonchev–Trinajstić information content (AvgIpc) is 3.53. The van der Waals surface area contributed by atoms with Gasteiger partial charge in [0.2, 0.25) is 5.43 Å². The van der Waals surface area contributed by atoms with E-state index in [4.69, 9.17) is 0 Å². The Bertz CT molecular complexity index is 1460. The first-order chi connectivity index (χ1) is 16.9. The van der Waals surface area contributed by atoms with E-state index in [1.165, 1.54) is 17.7 Å². The topological polar surface area (TPSA) is 65.8 Å². The van der Waals surface area contributed by atoms with Crippen molar-refractivity contribution in [2.45, 2.75) is 44.3 Å². The second kappa shape index (κ2) is 6.97. The smallest absolute Gasteiger partial charge is 0.278 e. The molecule has 3 aromatic rings. The summed E-state index contributed by atoms with van der Waals surface area (Å²) in [6, 6.07) is 14.8. The lowest BCUT2D eigenvalue weighted by Crippen LogP contribution is -2.68. The molecule has 0 bridgehead atoms. The van der Waals surface area contributed by atoms with E-state index in [0.717, 1.165) is 30.4 Å². The first kappa shape index (κ1) is 20.7. The number of carbonyl (C=O) groups is 1. The van der Waals surface area contributed by atoms with Gasteiger partial charge in [-0.3, -0.25) is 19.3 Å². The average molecular weight is 472 g/mol. The van der Waals surface area contributed by atoms with Crippen LogP contribution in [0.1, 0.15) is 52.5 Å². The Morgan fingerprint density at radius 2 is 1.80 bits per heavy atom. The van der Waals surface area contributed by atoms with Crippen LogP contribution in [0.25, 0.3) is 0 Å². The Morgan fingerprint density at radius 3 is 2.60 bits per heavy atom. The predicted octanol–water partition coefficient (Wildman–Crippen LogP) is 3.52. The molecule has 2 heterocycles. The Kier molecular flexibility index (Phi) is 4.13. The fraction of sp³-hybridized carbons (Fsp3) is 0.357. The van der Waals surface area contributed by atoms with Crippen molar-refractivity contribution >= 4 is 5.91 Å². The second-order valence-corrected chi connectivity index (χ2v) is 10.4.